The van der Waals surface area contributed by atoms with Gasteiger partial charge in [-0.15, -0.1) is 10.2 Å². The monoisotopic (exact) mass is 229 g/mol. The first-order valence-corrected chi connectivity index (χ1v) is 5.71. The number of nitrogens with zero attached hydrogens (tertiary/aromatic N) is 3. The SMILES string of the molecule is COCCC(C)n1c(Cl)nnc1C1CC1. The van der Waals surface area contributed by atoms with Crippen LogP contribution >= 0.6 is 11.6 Å². The van der Waals surface area contributed by atoms with E-state index in [2.05, 4.69) is 17.1 Å². The summed E-state index contributed by atoms with van der Waals surface area (Å²) >= 11 is 6.04. The van der Waals surface area contributed by atoms with E-state index in [1.54, 1.807) is 7.11 Å². The molecule has 0 bridgehead atoms. The van der Waals surface area contributed by atoms with Gasteiger partial charge in [-0.05, 0) is 37.8 Å². The van der Waals surface area contributed by atoms with E-state index in [1.165, 1.54) is 12.8 Å². The molecule has 1 unspecified atom stereocenters. The van der Waals surface area contributed by atoms with Crippen LogP contribution in [0.5, 0.6) is 0 Å². The number of ether oxygens (including phenoxy) is 1. The van der Waals surface area contributed by atoms with E-state index < -0.39 is 0 Å². The van der Waals surface area contributed by atoms with E-state index in [9.17, 15) is 0 Å². The van der Waals surface area contributed by atoms with Crippen LogP contribution in [0, 0.1) is 0 Å². The van der Waals surface area contributed by atoms with Crippen molar-refractivity contribution >= 4 is 11.6 Å². The highest BCUT2D eigenvalue weighted by atomic mass is 35.5. The Hall–Kier alpha value is -0.610. The predicted molar refractivity (Wildman–Crippen MR) is 58.2 cm³/mol. The highest BCUT2D eigenvalue weighted by Crippen LogP contribution is 2.40. The molecular formula is C10H16ClN3O. The molecule has 1 atom stereocenters. The maximum absolute atomic E-state index is 6.04. The van der Waals surface area contributed by atoms with E-state index in [0.717, 1.165) is 18.9 Å². The van der Waals surface area contributed by atoms with Gasteiger partial charge in [-0.2, -0.15) is 0 Å². The number of hydrogen-bond acceptors (Lipinski definition) is 3. The minimum atomic E-state index is 0.308. The van der Waals surface area contributed by atoms with Crippen molar-refractivity contribution in [3.63, 3.8) is 0 Å². The van der Waals surface area contributed by atoms with Crippen LogP contribution in [0.25, 0.3) is 0 Å². The Morgan fingerprint density at radius 3 is 2.87 bits per heavy atom. The van der Waals surface area contributed by atoms with Gasteiger partial charge < -0.3 is 4.74 Å². The molecule has 15 heavy (non-hydrogen) atoms. The molecule has 0 spiro atoms. The summed E-state index contributed by atoms with van der Waals surface area (Å²) in [5, 5.41) is 8.59. The minimum Gasteiger partial charge on any atom is -0.385 e. The van der Waals surface area contributed by atoms with Crippen molar-refractivity contribution in [3.05, 3.63) is 11.1 Å². The molecule has 1 heterocycles. The maximum Gasteiger partial charge on any atom is 0.225 e. The molecule has 0 radical (unpaired) electrons. The summed E-state index contributed by atoms with van der Waals surface area (Å²) in [6.07, 6.45) is 3.37. The van der Waals surface area contributed by atoms with Gasteiger partial charge in [0.15, 0.2) is 0 Å². The van der Waals surface area contributed by atoms with Gasteiger partial charge in [0.25, 0.3) is 0 Å². The first kappa shape index (κ1) is 10.9. The van der Waals surface area contributed by atoms with Gasteiger partial charge in [0, 0.05) is 25.7 Å². The maximum atomic E-state index is 6.04. The minimum absolute atomic E-state index is 0.308. The number of rotatable bonds is 5. The van der Waals surface area contributed by atoms with Crippen molar-refractivity contribution in [2.24, 2.45) is 0 Å². The van der Waals surface area contributed by atoms with Crippen LogP contribution in [0.15, 0.2) is 0 Å². The molecule has 1 fully saturated rings. The predicted octanol–water partition coefficient (Wildman–Crippen LogP) is 2.41. The smallest absolute Gasteiger partial charge is 0.225 e. The van der Waals surface area contributed by atoms with E-state index in [-0.39, 0.29) is 0 Å². The quantitative estimate of drug-likeness (QED) is 0.779. The second-order valence-electron chi connectivity index (χ2n) is 4.10. The molecule has 1 aromatic heterocycles. The molecule has 2 rings (SSSR count). The second-order valence-corrected chi connectivity index (χ2v) is 4.44. The fourth-order valence-corrected chi connectivity index (χ4v) is 2.02. The third kappa shape index (κ3) is 2.32. The Labute approximate surface area is 94.6 Å². The van der Waals surface area contributed by atoms with E-state index in [4.69, 9.17) is 16.3 Å². The molecular weight excluding hydrogens is 214 g/mol. The highest BCUT2D eigenvalue weighted by molar-refractivity contribution is 6.28. The number of aromatic nitrogens is 3. The van der Waals surface area contributed by atoms with Crippen LogP contribution in [0.2, 0.25) is 5.28 Å². The van der Waals surface area contributed by atoms with E-state index in [1.807, 2.05) is 4.57 Å². The van der Waals surface area contributed by atoms with Crippen LogP contribution in [-0.2, 0) is 4.74 Å². The Balaban J connectivity index is 2.13. The molecule has 5 heteroatoms. The summed E-state index contributed by atoms with van der Waals surface area (Å²) in [7, 11) is 1.71. The van der Waals surface area contributed by atoms with E-state index in [0.29, 0.717) is 17.2 Å². The van der Waals surface area contributed by atoms with Gasteiger partial charge in [0.1, 0.15) is 5.82 Å². The first-order valence-electron chi connectivity index (χ1n) is 5.33. The number of halogens is 1. The number of hydrogen-bond donors (Lipinski definition) is 0. The van der Waals surface area contributed by atoms with Gasteiger partial charge in [0.05, 0.1) is 0 Å². The van der Waals surface area contributed by atoms with Crippen molar-refractivity contribution in [2.75, 3.05) is 13.7 Å². The van der Waals surface area contributed by atoms with Crippen LogP contribution in [-0.4, -0.2) is 28.5 Å². The normalized spacial score (nSPS) is 18.1. The lowest BCUT2D eigenvalue weighted by atomic mass is 10.2. The van der Waals surface area contributed by atoms with Gasteiger partial charge in [-0.25, -0.2) is 0 Å². The van der Waals surface area contributed by atoms with E-state index >= 15 is 0 Å². The van der Waals surface area contributed by atoms with Crippen LogP contribution in [0.4, 0.5) is 0 Å². The first-order chi connectivity index (χ1) is 7.24. The summed E-state index contributed by atoms with van der Waals surface area (Å²) in [4.78, 5) is 0. The van der Waals surface area contributed by atoms with Crippen LogP contribution in [0.1, 0.15) is 44.0 Å². The Morgan fingerprint density at radius 2 is 2.27 bits per heavy atom. The third-order valence-electron chi connectivity index (χ3n) is 2.80. The summed E-state index contributed by atoms with van der Waals surface area (Å²) in [6, 6.07) is 0.308. The van der Waals surface area contributed by atoms with Crippen molar-refractivity contribution in [2.45, 2.75) is 38.1 Å². The average Bonchev–Trinajstić information content (AvgIpc) is 2.99. The zero-order valence-corrected chi connectivity index (χ0v) is 9.87. The zero-order valence-electron chi connectivity index (χ0n) is 9.11. The van der Waals surface area contributed by atoms with Crippen molar-refractivity contribution in [1.29, 1.82) is 0 Å². The molecule has 1 aliphatic rings. The second kappa shape index (κ2) is 4.49. The molecule has 0 aliphatic heterocycles. The van der Waals surface area contributed by atoms with Gasteiger partial charge in [-0.1, -0.05) is 0 Å². The number of methoxy groups -OCH3 is 1. The summed E-state index contributed by atoms with van der Waals surface area (Å²) in [5.74, 6) is 1.62. The molecule has 1 aromatic rings. The largest absolute Gasteiger partial charge is 0.385 e. The fourth-order valence-electron chi connectivity index (χ4n) is 1.73. The standard InChI is InChI=1S/C10H16ClN3O/c1-7(5-6-15-2)14-9(8-3-4-8)12-13-10(14)11/h7-8H,3-6H2,1-2H3. The zero-order chi connectivity index (χ0) is 10.8. The van der Waals surface area contributed by atoms with Crippen molar-refractivity contribution in [3.8, 4) is 0 Å². The van der Waals surface area contributed by atoms with Crippen LogP contribution in [0.3, 0.4) is 0 Å². The van der Waals surface area contributed by atoms with Gasteiger partial charge in [0.2, 0.25) is 5.28 Å². The Morgan fingerprint density at radius 1 is 1.53 bits per heavy atom. The summed E-state index contributed by atoms with van der Waals surface area (Å²) < 4.78 is 7.11. The highest BCUT2D eigenvalue weighted by Gasteiger charge is 2.31. The van der Waals surface area contributed by atoms with Crippen LogP contribution < -0.4 is 0 Å². The molecule has 0 N–H and O–H groups in total. The topological polar surface area (TPSA) is 39.9 Å². The molecule has 0 amide bonds. The van der Waals surface area contributed by atoms with Gasteiger partial charge in [-0.3, -0.25) is 4.57 Å². The summed E-state index contributed by atoms with van der Waals surface area (Å²) in [5.41, 5.74) is 0. The van der Waals surface area contributed by atoms with Crippen molar-refractivity contribution < 1.29 is 4.74 Å². The molecule has 0 aromatic carbocycles. The lowest BCUT2D eigenvalue weighted by Crippen LogP contribution is -2.11. The lowest BCUT2D eigenvalue weighted by Gasteiger charge is -2.15. The Bertz CT molecular complexity index is 335. The fraction of sp³-hybridized carbons (Fsp3) is 0.800. The molecule has 1 saturated carbocycles. The van der Waals surface area contributed by atoms with Gasteiger partial charge >= 0.3 is 0 Å². The lowest BCUT2D eigenvalue weighted by molar-refractivity contribution is 0.180. The third-order valence-corrected chi connectivity index (χ3v) is 3.06. The summed E-state index contributed by atoms with van der Waals surface area (Å²) in [6.45, 7) is 2.86. The molecule has 0 saturated heterocycles. The molecule has 4 nitrogen and oxygen atoms in total. The molecule has 84 valence electrons. The average molecular weight is 230 g/mol. The Kier molecular flexibility index (Phi) is 3.26. The molecule has 1 aliphatic carbocycles. The van der Waals surface area contributed by atoms with Crippen molar-refractivity contribution in [1.82, 2.24) is 14.8 Å².